The van der Waals surface area contributed by atoms with Crippen molar-refractivity contribution in [2.75, 3.05) is 11.4 Å². The number of amides is 1. The van der Waals surface area contributed by atoms with Crippen LogP contribution in [0, 0.1) is 11.8 Å². The zero-order valence-corrected chi connectivity index (χ0v) is 12.7. The summed E-state index contributed by atoms with van der Waals surface area (Å²) in [6, 6.07) is 5.84. The van der Waals surface area contributed by atoms with Crippen molar-refractivity contribution >= 4 is 11.6 Å². The highest BCUT2D eigenvalue weighted by atomic mass is 16.5. The van der Waals surface area contributed by atoms with Crippen LogP contribution < -0.4 is 15.4 Å². The molecule has 4 heteroatoms. The van der Waals surface area contributed by atoms with E-state index in [0.717, 1.165) is 17.0 Å². The smallest absolute Gasteiger partial charge is 0.268 e. The highest BCUT2D eigenvalue weighted by molar-refractivity contribution is 6.00. The Morgan fingerprint density at radius 1 is 1.30 bits per heavy atom. The van der Waals surface area contributed by atoms with Crippen molar-refractivity contribution in [3.8, 4) is 5.75 Å². The quantitative estimate of drug-likeness (QED) is 0.919. The van der Waals surface area contributed by atoms with E-state index in [1.54, 1.807) is 0 Å². The Hall–Kier alpha value is -1.55. The molecule has 1 unspecified atom stereocenters. The minimum absolute atomic E-state index is 0.0571. The number of benzene rings is 1. The van der Waals surface area contributed by atoms with Gasteiger partial charge in [-0.3, -0.25) is 4.79 Å². The van der Waals surface area contributed by atoms with Gasteiger partial charge in [-0.1, -0.05) is 33.8 Å². The number of nitrogens with two attached hydrogens (primary N) is 1. The van der Waals surface area contributed by atoms with Crippen LogP contribution in [0.2, 0.25) is 0 Å². The Balaban J connectivity index is 2.43. The highest BCUT2D eigenvalue weighted by Gasteiger charge is 2.36. The molecule has 4 nitrogen and oxygen atoms in total. The van der Waals surface area contributed by atoms with Gasteiger partial charge in [-0.15, -0.1) is 0 Å². The third kappa shape index (κ3) is 2.80. The van der Waals surface area contributed by atoms with Crippen LogP contribution in [0.4, 0.5) is 5.69 Å². The Morgan fingerprint density at radius 2 is 2.00 bits per heavy atom. The lowest BCUT2D eigenvalue weighted by atomic mass is 10.0. The van der Waals surface area contributed by atoms with Gasteiger partial charge in [0.2, 0.25) is 0 Å². The van der Waals surface area contributed by atoms with Crippen LogP contribution in [0.3, 0.4) is 0 Å². The summed E-state index contributed by atoms with van der Waals surface area (Å²) in [5, 5.41) is 0. The number of rotatable bonds is 4. The highest BCUT2D eigenvalue weighted by Crippen LogP contribution is 2.36. The average molecular weight is 276 g/mol. The van der Waals surface area contributed by atoms with Crippen LogP contribution in [0.15, 0.2) is 18.2 Å². The molecule has 0 aromatic heterocycles. The summed E-state index contributed by atoms with van der Waals surface area (Å²) < 4.78 is 5.91. The van der Waals surface area contributed by atoms with E-state index in [2.05, 4.69) is 13.8 Å². The molecule has 110 valence electrons. The van der Waals surface area contributed by atoms with Gasteiger partial charge in [0, 0.05) is 13.1 Å². The summed E-state index contributed by atoms with van der Waals surface area (Å²) in [5.74, 6) is 1.38. The summed E-state index contributed by atoms with van der Waals surface area (Å²) in [6.45, 7) is 9.42. The minimum Gasteiger partial charge on any atom is -0.478 e. The van der Waals surface area contributed by atoms with Crippen molar-refractivity contribution in [2.45, 2.75) is 40.3 Å². The second kappa shape index (κ2) is 5.83. The molecule has 1 aromatic carbocycles. The van der Waals surface area contributed by atoms with Crippen molar-refractivity contribution in [1.29, 1.82) is 0 Å². The van der Waals surface area contributed by atoms with E-state index < -0.39 is 6.10 Å². The lowest BCUT2D eigenvalue weighted by Gasteiger charge is -2.37. The number of carbonyl (C=O) groups is 1. The molecular formula is C16H24N2O2. The summed E-state index contributed by atoms with van der Waals surface area (Å²) >= 11 is 0. The van der Waals surface area contributed by atoms with Gasteiger partial charge in [-0.2, -0.15) is 0 Å². The molecule has 2 N–H and O–H groups in total. The molecule has 1 amide bonds. The predicted molar refractivity (Wildman–Crippen MR) is 80.8 cm³/mol. The summed E-state index contributed by atoms with van der Waals surface area (Å²) in [7, 11) is 0. The maximum atomic E-state index is 12.6. The maximum Gasteiger partial charge on any atom is 0.268 e. The van der Waals surface area contributed by atoms with E-state index in [9.17, 15) is 4.79 Å². The Morgan fingerprint density at radius 3 is 2.55 bits per heavy atom. The standard InChI is InChI=1S/C16H24N2O2/c1-10(2)9-18-13-6-5-12(8-17)7-14(13)20-15(11(3)4)16(18)19/h5-7,10-11,15H,8-9,17H2,1-4H3. The number of anilines is 1. The van der Waals surface area contributed by atoms with Gasteiger partial charge in [0.1, 0.15) is 5.75 Å². The molecule has 0 saturated heterocycles. The summed E-state index contributed by atoms with van der Waals surface area (Å²) in [5.41, 5.74) is 7.56. The largest absolute Gasteiger partial charge is 0.478 e. The number of ether oxygens (including phenoxy) is 1. The molecule has 0 aliphatic carbocycles. The number of hydrogen-bond donors (Lipinski definition) is 1. The van der Waals surface area contributed by atoms with Crippen LogP contribution in [-0.4, -0.2) is 18.6 Å². The van der Waals surface area contributed by atoms with Crippen LogP contribution in [0.5, 0.6) is 5.75 Å². The third-order valence-electron chi connectivity index (χ3n) is 3.47. The van der Waals surface area contributed by atoms with Gasteiger partial charge in [0.15, 0.2) is 6.10 Å². The van der Waals surface area contributed by atoms with E-state index >= 15 is 0 Å². The first-order valence-corrected chi connectivity index (χ1v) is 7.25. The third-order valence-corrected chi connectivity index (χ3v) is 3.47. The van der Waals surface area contributed by atoms with Crippen LogP contribution in [0.25, 0.3) is 0 Å². The minimum atomic E-state index is -0.408. The molecule has 1 aliphatic rings. The number of carbonyl (C=O) groups excluding carboxylic acids is 1. The van der Waals surface area contributed by atoms with Crippen molar-refractivity contribution in [3.63, 3.8) is 0 Å². The van der Waals surface area contributed by atoms with E-state index in [0.29, 0.717) is 19.0 Å². The monoisotopic (exact) mass is 276 g/mol. The van der Waals surface area contributed by atoms with Crippen molar-refractivity contribution in [1.82, 2.24) is 0 Å². The van der Waals surface area contributed by atoms with E-state index in [1.165, 1.54) is 0 Å². The zero-order valence-electron chi connectivity index (χ0n) is 12.7. The molecule has 0 spiro atoms. The molecule has 1 aromatic rings. The summed E-state index contributed by atoms with van der Waals surface area (Å²) in [6.07, 6.45) is -0.408. The molecular weight excluding hydrogens is 252 g/mol. The topological polar surface area (TPSA) is 55.6 Å². The number of hydrogen-bond acceptors (Lipinski definition) is 3. The molecule has 0 saturated carbocycles. The van der Waals surface area contributed by atoms with E-state index in [-0.39, 0.29) is 11.8 Å². The first-order chi connectivity index (χ1) is 9.43. The first-order valence-electron chi connectivity index (χ1n) is 7.25. The normalized spacial score (nSPS) is 18.4. The fraction of sp³-hybridized carbons (Fsp3) is 0.562. The van der Waals surface area contributed by atoms with Gasteiger partial charge in [0.25, 0.3) is 5.91 Å². The predicted octanol–water partition coefficient (Wildman–Crippen LogP) is 2.55. The lowest BCUT2D eigenvalue weighted by molar-refractivity contribution is -0.128. The maximum absolute atomic E-state index is 12.6. The first kappa shape index (κ1) is 14.9. The zero-order chi connectivity index (χ0) is 14.9. The molecule has 0 radical (unpaired) electrons. The number of nitrogens with zero attached hydrogens (tertiary/aromatic N) is 1. The van der Waals surface area contributed by atoms with Gasteiger partial charge in [-0.05, 0) is 29.5 Å². The Labute approximate surface area is 120 Å². The van der Waals surface area contributed by atoms with Gasteiger partial charge in [0.05, 0.1) is 5.69 Å². The SMILES string of the molecule is CC(C)CN1C(=O)C(C(C)C)Oc2cc(CN)ccc21. The van der Waals surface area contributed by atoms with Gasteiger partial charge in [-0.25, -0.2) is 0 Å². The van der Waals surface area contributed by atoms with Gasteiger partial charge < -0.3 is 15.4 Å². The van der Waals surface area contributed by atoms with Gasteiger partial charge >= 0.3 is 0 Å². The molecule has 0 bridgehead atoms. The fourth-order valence-corrected chi connectivity index (χ4v) is 2.44. The molecule has 1 atom stereocenters. The molecule has 20 heavy (non-hydrogen) atoms. The Kier molecular flexibility index (Phi) is 4.33. The van der Waals surface area contributed by atoms with Crippen molar-refractivity contribution < 1.29 is 9.53 Å². The molecule has 0 fully saturated rings. The van der Waals surface area contributed by atoms with Crippen LogP contribution >= 0.6 is 0 Å². The fourth-order valence-electron chi connectivity index (χ4n) is 2.44. The second-order valence-electron chi connectivity index (χ2n) is 6.13. The summed E-state index contributed by atoms with van der Waals surface area (Å²) in [4.78, 5) is 14.5. The van der Waals surface area contributed by atoms with Crippen molar-refractivity contribution in [2.24, 2.45) is 17.6 Å². The van der Waals surface area contributed by atoms with Crippen molar-refractivity contribution in [3.05, 3.63) is 23.8 Å². The second-order valence-corrected chi connectivity index (χ2v) is 6.13. The van der Waals surface area contributed by atoms with E-state index in [1.807, 2.05) is 36.9 Å². The molecule has 1 aliphatic heterocycles. The number of fused-ring (bicyclic) bond motifs is 1. The Bertz CT molecular complexity index is 497. The van der Waals surface area contributed by atoms with Crippen LogP contribution in [0.1, 0.15) is 33.3 Å². The van der Waals surface area contributed by atoms with E-state index in [4.69, 9.17) is 10.5 Å². The van der Waals surface area contributed by atoms with Crippen LogP contribution in [-0.2, 0) is 11.3 Å². The average Bonchev–Trinajstić information content (AvgIpc) is 2.40. The molecule has 2 rings (SSSR count). The lowest BCUT2D eigenvalue weighted by Crippen LogP contribution is -2.49. The molecule has 1 heterocycles.